The normalized spacial score (nSPS) is 9.94. The Balaban J connectivity index is 2.86. The van der Waals surface area contributed by atoms with Crippen LogP contribution >= 0.6 is 0 Å². The highest BCUT2D eigenvalue weighted by atomic mass is 19.1. The van der Waals surface area contributed by atoms with Crippen LogP contribution in [0.15, 0.2) is 18.2 Å². The fraction of sp³-hybridized carbons (Fsp3) is 0.364. The lowest BCUT2D eigenvalue weighted by Crippen LogP contribution is -2.34. The lowest BCUT2D eigenvalue weighted by molar-refractivity contribution is -0.385. The summed E-state index contributed by atoms with van der Waals surface area (Å²) in [5.41, 5.74) is -0.425. The standard InChI is InChI=1S/C11H14FN3O3/c1-3-14(4-2)11(16)13-10-6-5-8(15(17)18)7-9(10)12/h5-7H,3-4H2,1-2H3,(H,13,16). The number of anilines is 1. The first-order valence-corrected chi connectivity index (χ1v) is 5.49. The van der Waals surface area contributed by atoms with E-state index in [2.05, 4.69) is 5.32 Å². The number of benzene rings is 1. The second-order valence-corrected chi connectivity index (χ2v) is 3.52. The molecule has 0 heterocycles. The minimum atomic E-state index is -0.829. The topological polar surface area (TPSA) is 75.5 Å². The lowest BCUT2D eigenvalue weighted by atomic mass is 10.2. The Kier molecular flexibility index (Phi) is 4.59. The molecule has 7 heteroatoms. The number of hydrogen-bond acceptors (Lipinski definition) is 3. The van der Waals surface area contributed by atoms with Gasteiger partial charge in [0.15, 0.2) is 5.82 Å². The summed E-state index contributed by atoms with van der Waals surface area (Å²) in [4.78, 5) is 22.9. The van der Waals surface area contributed by atoms with Crippen molar-refractivity contribution in [2.24, 2.45) is 0 Å². The molecule has 18 heavy (non-hydrogen) atoms. The summed E-state index contributed by atoms with van der Waals surface area (Å²) in [6, 6.07) is 2.65. The molecule has 0 atom stereocenters. The number of nitro groups is 1. The maximum atomic E-state index is 13.5. The molecule has 0 aliphatic carbocycles. The average Bonchev–Trinajstić information content (AvgIpc) is 2.33. The Morgan fingerprint density at radius 2 is 2.06 bits per heavy atom. The Hall–Kier alpha value is -2.18. The van der Waals surface area contributed by atoms with Gasteiger partial charge >= 0.3 is 6.03 Å². The molecule has 0 radical (unpaired) electrons. The molecular weight excluding hydrogens is 241 g/mol. The number of carbonyl (C=O) groups is 1. The number of amides is 2. The SMILES string of the molecule is CCN(CC)C(=O)Nc1ccc([N+](=O)[O-])cc1F. The number of hydrogen-bond donors (Lipinski definition) is 1. The van der Waals surface area contributed by atoms with E-state index in [1.54, 1.807) is 13.8 Å². The molecule has 0 spiro atoms. The van der Waals surface area contributed by atoms with E-state index in [0.717, 1.165) is 12.1 Å². The number of rotatable bonds is 4. The van der Waals surface area contributed by atoms with Crippen LogP contribution in [-0.4, -0.2) is 28.9 Å². The van der Waals surface area contributed by atoms with Crippen LogP contribution in [0.4, 0.5) is 20.6 Å². The first-order valence-electron chi connectivity index (χ1n) is 5.49. The van der Waals surface area contributed by atoms with Gasteiger partial charge in [-0.05, 0) is 19.9 Å². The van der Waals surface area contributed by atoms with Crippen molar-refractivity contribution in [3.05, 3.63) is 34.1 Å². The zero-order chi connectivity index (χ0) is 13.7. The summed E-state index contributed by atoms with van der Waals surface area (Å²) in [5, 5.41) is 12.8. The average molecular weight is 255 g/mol. The van der Waals surface area contributed by atoms with Crippen molar-refractivity contribution in [1.29, 1.82) is 0 Å². The molecule has 0 unspecified atom stereocenters. The number of nitrogens with zero attached hydrogens (tertiary/aromatic N) is 2. The fourth-order valence-corrected chi connectivity index (χ4v) is 1.42. The van der Waals surface area contributed by atoms with Gasteiger partial charge in [-0.15, -0.1) is 0 Å². The Bertz CT molecular complexity index is 461. The lowest BCUT2D eigenvalue weighted by Gasteiger charge is -2.19. The Labute approximate surface area is 104 Å². The zero-order valence-electron chi connectivity index (χ0n) is 10.1. The van der Waals surface area contributed by atoms with Crippen molar-refractivity contribution in [1.82, 2.24) is 4.90 Å². The molecule has 6 nitrogen and oxygen atoms in total. The molecule has 0 fully saturated rings. The van der Waals surface area contributed by atoms with Gasteiger partial charge in [0.05, 0.1) is 16.7 Å². The predicted molar refractivity (Wildman–Crippen MR) is 65.0 cm³/mol. The highest BCUT2D eigenvalue weighted by Crippen LogP contribution is 2.20. The third-order valence-electron chi connectivity index (χ3n) is 2.46. The summed E-state index contributed by atoms with van der Waals surface area (Å²) >= 11 is 0. The number of nitrogens with one attached hydrogen (secondary N) is 1. The van der Waals surface area contributed by atoms with Crippen molar-refractivity contribution in [2.45, 2.75) is 13.8 Å². The van der Waals surface area contributed by atoms with Crippen molar-refractivity contribution < 1.29 is 14.1 Å². The summed E-state index contributed by atoms with van der Waals surface area (Å²) in [6.07, 6.45) is 0. The molecule has 0 aromatic heterocycles. The van der Waals surface area contributed by atoms with Gasteiger partial charge in [-0.2, -0.15) is 0 Å². The van der Waals surface area contributed by atoms with Crippen LogP contribution in [0.1, 0.15) is 13.8 Å². The van der Waals surface area contributed by atoms with E-state index in [9.17, 15) is 19.3 Å². The molecular formula is C11H14FN3O3. The Morgan fingerprint density at radius 3 is 2.50 bits per heavy atom. The minimum Gasteiger partial charge on any atom is -0.325 e. The zero-order valence-corrected chi connectivity index (χ0v) is 10.1. The van der Waals surface area contributed by atoms with Gasteiger partial charge in [0.2, 0.25) is 0 Å². The molecule has 0 saturated carbocycles. The van der Waals surface area contributed by atoms with Gasteiger partial charge in [0, 0.05) is 19.2 Å². The molecule has 1 aromatic carbocycles. The maximum absolute atomic E-state index is 13.5. The fourth-order valence-electron chi connectivity index (χ4n) is 1.42. The van der Waals surface area contributed by atoms with Gasteiger partial charge in [-0.25, -0.2) is 9.18 Å². The number of carbonyl (C=O) groups excluding carboxylic acids is 1. The van der Waals surface area contributed by atoms with E-state index in [-0.39, 0.29) is 11.4 Å². The molecule has 1 rings (SSSR count). The van der Waals surface area contributed by atoms with Gasteiger partial charge in [-0.3, -0.25) is 10.1 Å². The summed E-state index contributed by atoms with van der Waals surface area (Å²) in [7, 11) is 0. The second-order valence-electron chi connectivity index (χ2n) is 3.52. The maximum Gasteiger partial charge on any atom is 0.321 e. The first-order chi connectivity index (χ1) is 8.49. The summed E-state index contributed by atoms with van der Waals surface area (Å²) in [6.45, 7) is 4.60. The molecule has 0 saturated heterocycles. The molecule has 0 bridgehead atoms. The minimum absolute atomic E-state index is 0.0718. The number of urea groups is 1. The highest BCUT2D eigenvalue weighted by Gasteiger charge is 2.14. The predicted octanol–water partition coefficient (Wildman–Crippen LogP) is 2.61. The van der Waals surface area contributed by atoms with Crippen molar-refractivity contribution in [2.75, 3.05) is 18.4 Å². The van der Waals surface area contributed by atoms with Crippen LogP contribution in [0.5, 0.6) is 0 Å². The molecule has 1 aromatic rings. The summed E-state index contributed by atoms with van der Waals surface area (Å²) in [5.74, 6) is -0.829. The van der Waals surface area contributed by atoms with Crippen LogP contribution in [0.25, 0.3) is 0 Å². The van der Waals surface area contributed by atoms with Crippen LogP contribution in [0, 0.1) is 15.9 Å². The second kappa shape index (κ2) is 5.95. The van der Waals surface area contributed by atoms with E-state index >= 15 is 0 Å². The molecule has 1 N–H and O–H groups in total. The van der Waals surface area contributed by atoms with Crippen molar-refractivity contribution >= 4 is 17.4 Å². The van der Waals surface area contributed by atoms with Crippen LogP contribution < -0.4 is 5.32 Å². The third kappa shape index (κ3) is 3.16. The first kappa shape index (κ1) is 13.9. The van der Waals surface area contributed by atoms with E-state index in [0.29, 0.717) is 13.1 Å². The van der Waals surface area contributed by atoms with E-state index in [1.165, 1.54) is 11.0 Å². The molecule has 98 valence electrons. The monoisotopic (exact) mass is 255 g/mol. The summed E-state index contributed by atoms with van der Waals surface area (Å²) < 4.78 is 13.5. The van der Waals surface area contributed by atoms with Gasteiger partial charge in [0.25, 0.3) is 5.69 Å². The van der Waals surface area contributed by atoms with Gasteiger partial charge < -0.3 is 10.2 Å². The van der Waals surface area contributed by atoms with Gasteiger partial charge in [-0.1, -0.05) is 0 Å². The van der Waals surface area contributed by atoms with E-state index in [4.69, 9.17) is 0 Å². The number of nitro benzene ring substituents is 1. The van der Waals surface area contributed by atoms with Crippen LogP contribution in [0.3, 0.4) is 0 Å². The smallest absolute Gasteiger partial charge is 0.321 e. The number of non-ortho nitro benzene ring substituents is 1. The van der Waals surface area contributed by atoms with Crippen molar-refractivity contribution in [3.8, 4) is 0 Å². The molecule has 2 amide bonds. The number of halogens is 1. The molecule has 0 aliphatic heterocycles. The Morgan fingerprint density at radius 1 is 1.44 bits per heavy atom. The molecule has 0 aliphatic rings. The quantitative estimate of drug-likeness (QED) is 0.663. The highest BCUT2D eigenvalue weighted by molar-refractivity contribution is 5.89. The van der Waals surface area contributed by atoms with Crippen molar-refractivity contribution in [3.63, 3.8) is 0 Å². The van der Waals surface area contributed by atoms with E-state index in [1.807, 2.05) is 0 Å². The largest absolute Gasteiger partial charge is 0.325 e. The third-order valence-corrected chi connectivity index (χ3v) is 2.46. The van der Waals surface area contributed by atoms with Crippen LogP contribution in [0.2, 0.25) is 0 Å². The van der Waals surface area contributed by atoms with Gasteiger partial charge in [0.1, 0.15) is 0 Å². The van der Waals surface area contributed by atoms with E-state index < -0.39 is 16.8 Å². The van der Waals surface area contributed by atoms with Crippen LogP contribution in [-0.2, 0) is 0 Å².